The largest absolute Gasteiger partial charge is 0.494 e. The third-order valence-corrected chi connectivity index (χ3v) is 3.18. The van der Waals surface area contributed by atoms with Crippen molar-refractivity contribution < 1.29 is 9.13 Å². The fourth-order valence-electron chi connectivity index (χ4n) is 2.10. The zero-order chi connectivity index (χ0) is 14.7. The molecule has 106 valence electrons. The maximum Gasteiger partial charge on any atom is 0.165 e. The molecule has 1 heterocycles. The minimum absolute atomic E-state index is 0.195. The summed E-state index contributed by atoms with van der Waals surface area (Å²) in [4.78, 5) is 9.00. The summed E-state index contributed by atoms with van der Waals surface area (Å²) in [6.45, 7) is 4.63. The molecule has 1 aromatic carbocycles. The van der Waals surface area contributed by atoms with Crippen molar-refractivity contribution >= 4 is 0 Å². The number of rotatable bonds is 4. The van der Waals surface area contributed by atoms with E-state index in [0.29, 0.717) is 5.82 Å². The van der Waals surface area contributed by atoms with Crippen LogP contribution in [-0.4, -0.2) is 24.1 Å². The highest BCUT2D eigenvalue weighted by Gasteiger charge is 2.11. The molecular formula is C15H18FN3O. The van der Waals surface area contributed by atoms with Crippen molar-refractivity contribution in [2.75, 3.05) is 14.2 Å². The van der Waals surface area contributed by atoms with Gasteiger partial charge in [-0.3, -0.25) is 0 Å². The first kappa shape index (κ1) is 14.4. The molecule has 2 aromatic rings. The first-order valence-corrected chi connectivity index (χ1v) is 6.39. The summed E-state index contributed by atoms with van der Waals surface area (Å²) in [5.41, 5.74) is 3.67. The molecule has 1 aromatic heterocycles. The number of ether oxygens (including phenoxy) is 1. The lowest BCUT2D eigenvalue weighted by Gasteiger charge is -2.11. The second-order valence-electron chi connectivity index (χ2n) is 4.58. The molecule has 0 saturated carbocycles. The van der Waals surface area contributed by atoms with E-state index in [1.54, 1.807) is 12.1 Å². The molecule has 0 aliphatic heterocycles. The Kier molecular flexibility index (Phi) is 4.29. The molecule has 4 nitrogen and oxygen atoms in total. The molecule has 0 spiro atoms. The first-order chi connectivity index (χ1) is 9.56. The van der Waals surface area contributed by atoms with Crippen LogP contribution >= 0.6 is 0 Å². The van der Waals surface area contributed by atoms with Gasteiger partial charge in [-0.25, -0.2) is 14.4 Å². The van der Waals surface area contributed by atoms with Gasteiger partial charge in [0.1, 0.15) is 0 Å². The van der Waals surface area contributed by atoms with Crippen molar-refractivity contribution in [3.05, 3.63) is 41.0 Å². The molecule has 0 fully saturated rings. The maximum atomic E-state index is 13.4. The van der Waals surface area contributed by atoms with Crippen LogP contribution in [0.5, 0.6) is 5.75 Å². The Morgan fingerprint density at radius 2 is 1.85 bits per heavy atom. The van der Waals surface area contributed by atoms with Crippen LogP contribution in [0.25, 0.3) is 11.4 Å². The molecular weight excluding hydrogens is 257 g/mol. The molecule has 20 heavy (non-hydrogen) atoms. The van der Waals surface area contributed by atoms with Gasteiger partial charge in [-0.15, -0.1) is 0 Å². The molecule has 0 amide bonds. The van der Waals surface area contributed by atoms with Gasteiger partial charge in [0.25, 0.3) is 0 Å². The third kappa shape index (κ3) is 2.77. The van der Waals surface area contributed by atoms with Crippen molar-refractivity contribution in [3.63, 3.8) is 0 Å². The summed E-state index contributed by atoms with van der Waals surface area (Å²) in [5, 5.41) is 3.10. The summed E-state index contributed by atoms with van der Waals surface area (Å²) in [5.74, 6) is 0.385. The monoisotopic (exact) mass is 275 g/mol. The van der Waals surface area contributed by atoms with Gasteiger partial charge in [-0.1, -0.05) is 0 Å². The highest BCUT2D eigenvalue weighted by molar-refractivity contribution is 5.58. The fourth-order valence-corrected chi connectivity index (χ4v) is 2.10. The summed E-state index contributed by atoms with van der Waals surface area (Å²) in [7, 11) is 3.33. The second kappa shape index (κ2) is 5.96. The van der Waals surface area contributed by atoms with Crippen molar-refractivity contribution in [1.29, 1.82) is 0 Å². The normalized spacial score (nSPS) is 10.7. The van der Waals surface area contributed by atoms with E-state index >= 15 is 0 Å². The van der Waals surface area contributed by atoms with Crippen LogP contribution in [0.1, 0.15) is 17.0 Å². The van der Waals surface area contributed by atoms with Gasteiger partial charge in [0.15, 0.2) is 17.4 Å². The number of aryl methyl sites for hydroxylation is 2. The fraction of sp³-hybridized carbons (Fsp3) is 0.333. The quantitative estimate of drug-likeness (QED) is 0.931. The van der Waals surface area contributed by atoms with Crippen LogP contribution in [0.4, 0.5) is 4.39 Å². The number of hydrogen-bond donors (Lipinski definition) is 1. The van der Waals surface area contributed by atoms with Crippen molar-refractivity contribution in [3.8, 4) is 17.1 Å². The predicted molar refractivity (Wildman–Crippen MR) is 76.2 cm³/mol. The molecule has 5 heteroatoms. The van der Waals surface area contributed by atoms with Crippen molar-refractivity contribution in [2.45, 2.75) is 20.4 Å². The summed E-state index contributed by atoms with van der Waals surface area (Å²) >= 11 is 0. The summed E-state index contributed by atoms with van der Waals surface area (Å²) in [6, 6.07) is 4.63. The number of hydrogen-bond acceptors (Lipinski definition) is 4. The van der Waals surface area contributed by atoms with Crippen LogP contribution in [0.15, 0.2) is 18.2 Å². The van der Waals surface area contributed by atoms with E-state index in [9.17, 15) is 4.39 Å². The Morgan fingerprint density at radius 1 is 1.20 bits per heavy atom. The molecule has 0 aliphatic carbocycles. The Labute approximate surface area is 118 Å². The van der Waals surface area contributed by atoms with Gasteiger partial charge in [-0.05, 0) is 39.1 Å². The Hall–Kier alpha value is -2.01. The number of halogens is 1. The van der Waals surface area contributed by atoms with Crippen molar-refractivity contribution in [1.82, 2.24) is 15.3 Å². The minimum Gasteiger partial charge on any atom is -0.494 e. The second-order valence-corrected chi connectivity index (χ2v) is 4.58. The average Bonchev–Trinajstić information content (AvgIpc) is 2.43. The highest BCUT2D eigenvalue weighted by atomic mass is 19.1. The van der Waals surface area contributed by atoms with E-state index in [1.165, 1.54) is 13.2 Å². The van der Waals surface area contributed by atoms with E-state index < -0.39 is 5.82 Å². The molecule has 0 bridgehead atoms. The minimum atomic E-state index is -0.392. The van der Waals surface area contributed by atoms with E-state index in [0.717, 1.165) is 29.1 Å². The maximum absolute atomic E-state index is 13.4. The standard InChI is InChI=1S/C15H18FN3O/c1-9-12(8-17-3)10(2)19-15(18-9)11-5-6-13(16)14(7-11)20-4/h5-7,17H,8H2,1-4H3. The van der Waals surface area contributed by atoms with Gasteiger partial charge >= 0.3 is 0 Å². The predicted octanol–water partition coefficient (Wildman–Crippen LogP) is 2.63. The van der Waals surface area contributed by atoms with E-state index in [4.69, 9.17) is 4.74 Å². The SMILES string of the molecule is CNCc1c(C)nc(-c2ccc(F)c(OC)c2)nc1C. The lowest BCUT2D eigenvalue weighted by Crippen LogP contribution is -2.11. The lowest BCUT2D eigenvalue weighted by molar-refractivity contribution is 0.386. The highest BCUT2D eigenvalue weighted by Crippen LogP contribution is 2.25. The molecule has 0 radical (unpaired) electrons. The van der Waals surface area contributed by atoms with Crippen molar-refractivity contribution in [2.24, 2.45) is 0 Å². The van der Waals surface area contributed by atoms with Crippen LogP contribution in [0, 0.1) is 19.7 Å². The number of methoxy groups -OCH3 is 1. The Bertz CT molecular complexity index is 606. The van der Waals surface area contributed by atoms with Gasteiger partial charge in [-0.2, -0.15) is 0 Å². The van der Waals surface area contributed by atoms with Crippen LogP contribution in [0.3, 0.4) is 0 Å². The van der Waals surface area contributed by atoms with Gasteiger partial charge < -0.3 is 10.1 Å². The van der Waals surface area contributed by atoms with Gasteiger partial charge in [0, 0.05) is 29.1 Å². The first-order valence-electron chi connectivity index (χ1n) is 6.39. The van der Waals surface area contributed by atoms with Crippen LogP contribution in [-0.2, 0) is 6.54 Å². The van der Waals surface area contributed by atoms with Gasteiger partial charge in [0.2, 0.25) is 0 Å². The van der Waals surface area contributed by atoms with Gasteiger partial charge in [0.05, 0.1) is 7.11 Å². The number of aromatic nitrogens is 2. The smallest absolute Gasteiger partial charge is 0.165 e. The average molecular weight is 275 g/mol. The molecule has 0 unspecified atom stereocenters. The van der Waals surface area contributed by atoms with Crippen LogP contribution < -0.4 is 10.1 Å². The van der Waals surface area contributed by atoms with Crippen LogP contribution in [0.2, 0.25) is 0 Å². The number of benzene rings is 1. The zero-order valence-electron chi connectivity index (χ0n) is 12.1. The molecule has 1 N–H and O–H groups in total. The molecule has 2 rings (SSSR count). The molecule has 0 aliphatic rings. The zero-order valence-corrected chi connectivity index (χ0v) is 12.1. The Morgan fingerprint density at radius 3 is 2.40 bits per heavy atom. The van der Waals surface area contributed by atoms with E-state index in [-0.39, 0.29) is 5.75 Å². The number of nitrogens with one attached hydrogen (secondary N) is 1. The Balaban J connectivity index is 2.48. The van der Waals surface area contributed by atoms with E-state index in [2.05, 4.69) is 15.3 Å². The summed E-state index contributed by atoms with van der Waals surface area (Å²) < 4.78 is 18.4. The molecule has 0 atom stereocenters. The topological polar surface area (TPSA) is 47.0 Å². The summed E-state index contributed by atoms with van der Waals surface area (Å²) in [6.07, 6.45) is 0. The lowest BCUT2D eigenvalue weighted by atomic mass is 10.1. The molecule has 0 saturated heterocycles. The number of nitrogens with zero attached hydrogens (tertiary/aromatic N) is 2. The van der Waals surface area contributed by atoms with E-state index in [1.807, 2.05) is 20.9 Å². The third-order valence-electron chi connectivity index (χ3n) is 3.18.